The minimum Gasteiger partial charge on any atom is -0.352 e. The van der Waals surface area contributed by atoms with Crippen LogP contribution >= 0.6 is 35.6 Å². The van der Waals surface area contributed by atoms with Gasteiger partial charge in [0, 0.05) is 37.3 Å². The van der Waals surface area contributed by atoms with Crippen LogP contribution in [0.25, 0.3) is 0 Å². The highest BCUT2D eigenvalue weighted by atomic mass is 127. The molecule has 1 aliphatic heterocycles. The van der Waals surface area contributed by atoms with E-state index in [-0.39, 0.29) is 24.0 Å². The Morgan fingerprint density at radius 3 is 2.63 bits per heavy atom. The zero-order valence-electron chi connectivity index (χ0n) is 11.7. The van der Waals surface area contributed by atoms with Crippen molar-refractivity contribution in [1.29, 1.82) is 0 Å². The van der Waals surface area contributed by atoms with E-state index in [9.17, 15) is 0 Å². The fraction of sp³-hybridized carbons (Fsp3) is 0.769. The van der Waals surface area contributed by atoms with Crippen molar-refractivity contribution in [2.75, 3.05) is 26.7 Å². The van der Waals surface area contributed by atoms with E-state index < -0.39 is 0 Å². The predicted octanol–water partition coefficient (Wildman–Crippen LogP) is 2.00. The summed E-state index contributed by atoms with van der Waals surface area (Å²) in [7, 11) is 1.78. The third-order valence-electron chi connectivity index (χ3n) is 3.70. The lowest BCUT2D eigenvalue weighted by Crippen LogP contribution is -2.46. The van der Waals surface area contributed by atoms with Crippen LogP contribution in [-0.4, -0.2) is 49.6 Å². The second kappa shape index (κ2) is 7.69. The molecule has 0 bridgehead atoms. The van der Waals surface area contributed by atoms with Crippen LogP contribution in [-0.2, 0) is 0 Å². The average molecular weight is 399 g/mol. The van der Waals surface area contributed by atoms with Gasteiger partial charge in [-0.25, -0.2) is 0 Å². The molecule has 19 heavy (non-hydrogen) atoms. The summed E-state index contributed by atoms with van der Waals surface area (Å²) in [6.45, 7) is 8.83. The number of likely N-dealkylation sites (tertiary alicyclic amines) is 1. The van der Waals surface area contributed by atoms with Gasteiger partial charge in [0.2, 0.25) is 0 Å². The van der Waals surface area contributed by atoms with E-state index in [0.717, 1.165) is 18.5 Å². The molecule has 2 aliphatic rings. The van der Waals surface area contributed by atoms with Crippen molar-refractivity contribution < 1.29 is 0 Å². The summed E-state index contributed by atoms with van der Waals surface area (Å²) < 4.78 is 0. The second-order valence-corrected chi connectivity index (χ2v) is 5.89. The van der Waals surface area contributed by atoms with E-state index in [1.807, 2.05) is 0 Å². The number of hydrogen-bond acceptors (Lipinski definition) is 2. The molecule has 6 heteroatoms. The maximum absolute atomic E-state index is 5.75. The third-order valence-corrected chi connectivity index (χ3v) is 3.83. The number of rotatable bonds is 4. The highest BCUT2D eigenvalue weighted by Crippen LogP contribution is 2.31. The summed E-state index contributed by atoms with van der Waals surface area (Å²) in [5, 5.41) is 7.24. The summed E-state index contributed by atoms with van der Waals surface area (Å²) in [4.78, 5) is 6.81. The Morgan fingerprint density at radius 2 is 2.11 bits per heavy atom. The molecule has 0 radical (unpaired) electrons. The summed E-state index contributed by atoms with van der Waals surface area (Å²) in [6.07, 6.45) is 2.75. The highest BCUT2D eigenvalue weighted by molar-refractivity contribution is 14.0. The number of hydrogen-bond donors (Lipinski definition) is 2. The first-order valence-corrected chi connectivity index (χ1v) is 7.02. The fourth-order valence-corrected chi connectivity index (χ4v) is 2.55. The van der Waals surface area contributed by atoms with E-state index in [4.69, 9.17) is 11.6 Å². The van der Waals surface area contributed by atoms with E-state index in [1.54, 1.807) is 7.05 Å². The molecule has 1 saturated carbocycles. The molecule has 1 saturated heterocycles. The Morgan fingerprint density at radius 1 is 1.42 bits per heavy atom. The van der Waals surface area contributed by atoms with Crippen molar-refractivity contribution in [2.45, 2.75) is 31.8 Å². The van der Waals surface area contributed by atoms with Gasteiger partial charge >= 0.3 is 0 Å². The first-order valence-electron chi connectivity index (χ1n) is 6.64. The summed E-state index contributed by atoms with van der Waals surface area (Å²) >= 11 is 5.75. The van der Waals surface area contributed by atoms with Crippen LogP contribution in [0.15, 0.2) is 16.6 Å². The number of nitrogens with one attached hydrogen (secondary N) is 2. The number of nitrogens with zero attached hydrogens (tertiary/aromatic N) is 2. The Hall–Kier alpha value is -0.0100. The lowest BCUT2D eigenvalue weighted by atomic mass is 10.1. The van der Waals surface area contributed by atoms with Gasteiger partial charge in [-0.15, -0.1) is 24.0 Å². The van der Waals surface area contributed by atoms with Gasteiger partial charge in [0.15, 0.2) is 5.96 Å². The quantitative estimate of drug-likeness (QED) is 0.432. The van der Waals surface area contributed by atoms with Crippen molar-refractivity contribution in [1.82, 2.24) is 15.5 Å². The average Bonchev–Trinajstić information content (AvgIpc) is 3.10. The first kappa shape index (κ1) is 17.0. The van der Waals surface area contributed by atoms with E-state index in [2.05, 4.69) is 34.0 Å². The standard InChI is InChI=1S/C13H23ClN4.HI/c1-9-7-18(11-4-5-11)8-12(9)17-13(15-3)16-6-10(2)14;/h9,11-12H,2,4-8H2,1,3H3,(H2,15,16,17);1H. The van der Waals surface area contributed by atoms with Crippen LogP contribution in [0.5, 0.6) is 0 Å². The molecule has 110 valence electrons. The van der Waals surface area contributed by atoms with E-state index in [1.165, 1.54) is 19.4 Å². The zero-order chi connectivity index (χ0) is 13.1. The summed E-state index contributed by atoms with van der Waals surface area (Å²) in [5.41, 5.74) is 0. The molecule has 2 atom stereocenters. The SMILES string of the molecule is C=C(Cl)CNC(=NC)NC1CN(C2CC2)CC1C.I. The second-order valence-electron chi connectivity index (χ2n) is 5.36. The molecule has 0 aromatic heterocycles. The Kier molecular flexibility index (Phi) is 6.90. The molecule has 2 N–H and O–H groups in total. The van der Waals surface area contributed by atoms with Crippen LogP contribution in [0, 0.1) is 5.92 Å². The Bertz CT molecular complexity index is 344. The molecule has 0 amide bonds. The molecule has 2 rings (SSSR count). The normalized spacial score (nSPS) is 27.8. The molecule has 2 unspecified atom stereocenters. The molecular weight excluding hydrogens is 375 g/mol. The molecule has 0 spiro atoms. The van der Waals surface area contributed by atoms with Crippen LogP contribution in [0.4, 0.5) is 0 Å². The van der Waals surface area contributed by atoms with Gasteiger partial charge < -0.3 is 10.6 Å². The van der Waals surface area contributed by atoms with Crippen molar-refractivity contribution in [3.05, 3.63) is 11.6 Å². The highest BCUT2D eigenvalue weighted by Gasteiger charge is 2.38. The first-order chi connectivity index (χ1) is 8.60. The number of guanidine groups is 1. The van der Waals surface area contributed by atoms with Crippen LogP contribution in [0.3, 0.4) is 0 Å². The molecule has 4 nitrogen and oxygen atoms in total. The van der Waals surface area contributed by atoms with Crippen LogP contribution in [0.2, 0.25) is 0 Å². The fourth-order valence-electron chi connectivity index (χ4n) is 2.48. The van der Waals surface area contributed by atoms with Crippen LogP contribution < -0.4 is 10.6 Å². The third kappa shape index (κ3) is 5.11. The molecule has 2 fully saturated rings. The number of halogens is 2. The predicted molar refractivity (Wildman–Crippen MR) is 92.5 cm³/mol. The van der Waals surface area contributed by atoms with Crippen LogP contribution in [0.1, 0.15) is 19.8 Å². The van der Waals surface area contributed by atoms with Gasteiger partial charge in [-0.1, -0.05) is 25.1 Å². The summed E-state index contributed by atoms with van der Waals surface area (Å²) in [6, 6.07) is 1.32. The maximum atomic E-state index is 5.75. The monoisotopic (exact) mass is 398 g/mol. The van der Waals surface area contributed by atoms with Crippen molar-refractivity contribution in [2.24, 2.45) is 10.9 Å². The lowest BCUT2D eigenvalue weighted by Gasteiger charge is -2.20. The van der Waals surface area contributed by atoms with Gasteiger partial charge in [-0.2, -0.15) is 0 Å². The molecule has 1 aliphatic carbocycles. The van der Waals surface area contributed by atoms with E-state index >= 15 is 0 Å². The van der Waals surface area contributed by atoms with E-state index in [0.29, 0.717) is 23.5 Å². The minimum absolute atomic E-state index is 0. The number of aliphatic imine (C=N–C) groups is 1. The van der Waals surface area contributed by atoms with Gasteiger partial charge in [0.25, 0.3) is 0 Å². The Balaban J connectivity index is 0.00000180. The lowest BCUT2D eigenvalue weighted by molar-refractivity contribution is 0.315. The minimum atomic E-state index is 0. The Labute approximate surface area is 138 Å². The van der Waals surface area contributed by atoms with Crippen molar-refractivity contribution in [3.8, 4) is 0 Å². The molecular formula is C13H24ClIN4. The summed E-state index contributed by atoms with van der Waals surface area (Å²) in [5.74, 6) is 1.47. The zero-order valence-corrected chi connectivity index (χ0v) is 14.7. The molecule has 0 aromatic carbocycles. The molecule has 1 heterocycles. The van der Waals surface area contributed by atoms with Crippen molar-refractivity contribution in [3.63, 3.8) is 0 Å². The maximum Gasteiger partial charge on any atom is 0.191 e. The van der Waals surface area contributed by atoms with Gasteiger partial charge in [-0.3, -0.25) is 9.89 Å². The van der Waals surface area contributed by atoms with Crippen molar-refractivity contribution >= 4 is 41.5 Å². The molecule has 0 aromatic rings. The smallest absolute Gasteiger partial charge is 0.191 e. The van der Waals surface area contributed by atoms with Gasteiger partial charge in [-0.05, 0) is 18.8 Å². The van der Waals surface area contributed by atoms with Gasteiger partial charge in [0.05, 0.1) is 6.54 Å². The largest absolute Gasteiger partial charge is 0.352 e. The van der Waals surface area contributed by atoms with Gasteiger partial charge in [0.1, 0.15) is 0 Å². The topological polar surface area (TPSA) is 39.7 Å².